The van der Waals surface area contributed by atoms with E-state index in [1.165, 1.54) is 18.4 Å². The number of allylic oxidation sites excluding steroid dienone is 4. The van der Waals surface area contributed by atoms with Crippen LogP contribution in [0.3, 0.4) is 0 Å². The molecule has 1 heteroatoms. The average molecular weight is 176 g/mol. The van der Waals surface area contributed by atoms with E-state index < -0.39 is 0 Å². The molecule has 0 amide bonds. The zero-order chi connectivity index (χ0) is 9.10. The highest BCUT2D eigenvalue weighted by molar-refractivity contribution is 5.97. The van der Waals surface area contributed by atoms with Gasteiger partial charge in [0.1, 0.15) is 0 Å². The summed E-state index contributed by atoms with van der Waals surface area (Å²) in [4.78, 5) is 11.7. The lowest BCUT2D eigenvalue weighted by Crippen LogP contribution is -2.01. The van der Waals surface area contributed by atoms with Crippen LogP contribution in [0.2, 0.25) is 0 Å². The SMILES string of the molecule is O=C1CCCCC=CC2=C1CCC2. The predicted molar refractivity (Wildman–Crippen MR) is 53.5 cm³/mol. The van der Waals surface area contributed by atoms with Crippen LogP contribution in [0.25, 0.3) is 0 Å². The first-order valence-electron chi connectivity index (χ1n) is 5.30. The molecule has 0 aromatic carbocycles. The van der Waals surface area contributed by atoms with Crippen LogP contribution in [-0.4, -0.2) is 5.78 Å². The molecule has 0 radical (unpaired) electrons. The van der Waals surface area contributed by atoms with E-state index in [4.69, 9.17) is 0 Å². The molecule has 0 bridgehead atoms. The molecule has 0 N–H and O–H groups in total. The second-order valence-corrected chi connectivity index (χ2v) is 3.93. The maximum absolute atomic E-state index is 11.7. The number of hydrogen-bond donors (Lipinski definition) is 0. The summed E-state index contributed by atoms with van der Waals surface area (Å²) in [6, 6.07) is 0. The summed E-state index contributed by atoms with van der Waals surface area (Å²) >= 11 is 0. The fraction of sp³-hybridized carbons (Fsp3) is 0.583. The van der Waals surface area contributed by atoms with Crippen molar-refractivity contribution < 1.29 is 4.79 Å². The molecule has 13 heavy (non-hydrogen) atoms. The Balaban J connectivity index is 2.24. The van der Waals surface area contributed by atoms with Gasteiger partial charge in [-0.2, -0.15) is 0 Å². The lowest BCUT2D eigenvalue weighted by molar-refractivity contribution is -0.115. The molecule has 2 aliphatic carbocycles. The molecule has 0 aromatic heterocycles. The van der Waals surface area contributed by atoms with Crippen molar-refractivity contribution in [3.8, 4) is 0 Å². The molecular formula is C12H16O. The van der Waals surface area contributed by atoms with Crippen LogP contribution < -0.4 is 0 Å². The lowest BCUT2D eigenvalue weighted by Gasteiger charge is -2.00. The summed E-state index contributed by atoms with van der Waals surface area (Å²) in [5, 5.41) is 0. The van der Waals surface area contributed by atoms with Gasteiger partial charge >= 0.3 is 0 Å². The van der Waals surface area contributed by atoms with Crippen LogP contribution in [0.4, 0.5) is 0 Å². The Hall–Kier alpha value is -0.850. The number of hydrogen-bond acceptors (Lipinski definition) is 1. The Morgan fingerprint density at radius 3 is 2.85 bits per heavy atom. The summed E-state index contributed by atoms with van der Waals surface area (Å²) in [5.74, 6) is 0.416. The quantitative estimate of drug-likeness (QED) is 0.554. The van der Waals surface area contributed by atoms with Crippen LogP contribution in [0.15, 0.2) is 23.3 Å². The first-order chi connectivity index (χ1) is 6.38. The zero-order valence-corrected chi connectivity index (χ0v) is 8.01. The molecule has 0 fully saturated rings. The van der Waals surface area contributed by atoms with Gasteiger partial charge in [0.15, 0.2) is 5.78 Å². The molecule has 0 unspecified atom stereocenters. The van der Waals surface area contributed by atoms with Crippen LogP contribution in [0, 0.1) is 0 Å². The zero-order valence-electron chi connectivity index (χ0n) is 8.01. The molecule has 0 aliphatic heterocycles. The smallest absolute Gasteiger partial charge is 0.159 e. The molecular weight excluding hydrogens is 160 g/mol. The second-order valence-electron chi connectivity index (χ2n) is 3.93. The van der Waals surface area contributed by atoms with Gasteiger partial charge in [0.2, 0.25) is 0 Å². The molecule has 0 heterocycles. The molecule has 0 saturated carbocycles. The number of Topliss-reactive ketones (excluding diaryl/α,β-unsaturated/α-hetero) is 1. The number of rotatable bonds is 0. The van der Waals surface area contributed by atoms with E-state index in [0.29, 0.717) is 5.78 Å². The van der Waals surface area contributed by atoms with E-state index >= 15 is 0 Å². The van der Waals surface area contributed by atoms with Crippen molar-refractivity contribution in [1.29, 1.82) is 0 Å². The van der Waals surface area contributed by atoms with Gasteiger partial charge in [-0.25, -0.2) is 0 Å². The van der Waals surface area contributed by atoms with E-state index in [1.807, 2.05) is 0 Å². The minimum absolute atomic E-state index is 0.416. The van der Waals surface area contributed by atoms with E-state index in [0.717, 1.165) is 37.7 Å². The summed E-state index contributed by atoms with van der Waals surface area (Å²) in [6.45, 7) is 0. The van der Waals surface area contributed by atoms with Crippen molar-refractivity contribution in [2.75, 3.05) is 0 Å². The third-order valence-electron chi connectivity index (χ3n) is 2.94. The number of carbonyl (C=O) groups excluding carboxylic acids is 1. The highest BCUT2D eigenvalue weighted by Crippen LogP contribution is 2.29. The van der Waals surface area contributed by atoms with Crippen LogP contribution in [-0.2, 0) is 4.79 Å². The first kappa shape index (κ1) is 8.74. The first-order valence-corrected chi connectivity index (χ1v) is 5.30. The Morgan fingerprint density at radius 1 is 1.00 bits per heavy atom. The molecule has 0 aromatic rings. The van der Waals surface area contributed by atoms with Gasteiger partial charge in [-0.15, -0.1) is 0 Å². The van der Waals surface area contributed by atoms with Gasteiger partial charge in [-0.1, -0.05) is 12.2 Å². The number of carbonyl (C=O) groups is 1. The molecule has 2 aliphatic rings. The van der Waals surface area contributed by atoms with Gasteiger partial charge < -0.3 is 0 Å². The van der Waals surface area contributed by atoms with Gasteiger partial charge in [0, 0.05) is 6.42 Å². The number of ketones is 1. The Morgan fingerprint density at radius 2 is 1.92 bits per heavy atom. The summed E-state index contributed by atoms with van der Waals surface area (Å²) in [6.07, 6.45) is 11.9. The second kappa shape index (κ2) is 3.91. The highest BCUT2D eigenvalue weighted by Gasteiger charge is 2.18. The van der Waals surface area contributed by atoms with Gasteiger partial charge in [-0.3, -0.25) is 4.79 Å². The van der Waals surface area contributed by atoms with E-state index in [-0.39, 0.29) is 0 Å². The molecule has 2 rings (SSSR count). The van der Waals surface area contributed by atoms with Crippen LogP contribution in [0.1, 0.15) is 44.9 Å². The summed E-state index contributed by atoms with van der Waals surface area (Å²) in [7, 11) is 0. The van der Waals surface area contributed by atoms with Crippen molar-refractivity contribution in [1.82, 2.24) is 0 Å². The third-order valence-corrected chi connectivity index (χ3v) is 2.94. The van der Waals surface area contributed by atoms with Gasteiger partial charge in [0.25, 0.3) is 0 Å². The summed E-state index contributed by atoms with van der Waals surface area (Å²) in [5.41, 5.74) is 2.46. The maximum Gasteiger partial charge on any atom is 0.159 e. The van der Waals surface area contributed by atoms with Gasteiger partial charge in [-0.05, 0) is 49.7 Å². The van der Waals surface area contributed by atoms with E-state index in [2.05, 4.69) is 12.2 Å². The monoisotopic (exact) mass is 176 g/mol. The molecule has 1 nitrogen and oxygen atoms in total. The molecule has 70 valence electrons. The fourth-order valence-electron chi connectivity index (χ4n) is 2.19. The van der Waals surface area contributed by atoms with Crippen molar-refractivity contribution in [3.63, 3.8) is 0 Å². The van der Waals surface area contributed by atoms with Crippen LogP contribution >= 0.6 is 0 Å². The van der Waals surface area contributed by atoms with Crippen molar-refractivity contribution >= 4 is 5.78 Å². The van der Waals surface area contributed by atoms with Gasteiger partial charge in [0.05, 0.1) is 0 Å². The van der Waals surface area contributed by atoms with E-state index in [1.54, 1.807) is 0 Å². The fourth-order valence-corrected chi connectivity index (χ4v) is 2.19. The molecule has 0 atom stereocenters. The normalized spacial score (nSPS) is 23.8. The predicted octanol–water partition coefficient (Wildman–Crippen LogP) is 3.17. The standard InChI is InChI=1S/C12H16O/c13-12-9-4-2-1-3-6-10-7-5-8-11(10)12/h3,6H,1-2,4-5,7-9H2. The lowest BCUT2D eigenvalue weighted by atomic mass is 10.0. The summed E-state index contributed by atoms with van der Waals surface area (Å²) < 4.78 is 0. The van der Waals surface area contributed by atoms with E-state index in [9.17, 15) is 4.79 Å². The topological polar surface area (TPSA) is 17.1 Å². The molecule has 0 saturated heterocycles. The Labute approximate surface area is 79.5 Å². The maximum atomic E-state index is 11.7. The van der Waals surface area contributed by atoms with Crippen molar-refractivity contribution in [3.05, 3.63) is 23.3 Å². The third kappa shape index (κ3) is 1.90. The highest BCUT2D eigenvalue weighted by atomic mass is 16.1. The largest absolute Gasteiger partial charge is 0.295 e. The Kier molecular flexibility index (Phi) is 2.62. The minimum atomic E-state index is 0.416. The minimum Gasteiger partial charge on any atom is -0.295 e. The average Bonchev–Trinajstić information content (AvgIpc) is 2.58. The molecule has 0 spiro atoms. The van der Waals surface area contributed by atoms with Crippen molar-refractivity contribution in [2.24, 2.45) is 0 Å². The van der Waals surface area contributed by atoms with Crippen molar-refractivity contribution in [2.45, 2.75) is 44.9 Å². The Bertz CT molecular complexity index is 271. The van der Waals surface area contributed by atoms with Crippen LogP contribution in [0.5, 0.6) is 0 Å².